The number of rotatable bonds is 4. The molecule has 0 amide bonds. The third-order valence-electron chi connectivity index (χ3n) is 4.61. The maximum atomic E-state index is 10.8. The normalized spacial score (nSPS) is 11.2. The van der Waals surface area contributed by atoms with Gasteiger partial charge < -0.3 is 0 Å². The van der Waals surface area contributed by atoms with Crippen LogP contribution in [0.5, 0.6) is 0 Å². The highest BCUT2D eigenvalue weighted by Gasteiger charge is 2.16. The van der Waals surface area contributed by atoms with Gasteiger partial charge in [0.1, 0.15) is 0 Å². The lowest BCUT2D eigenvalue weighted by Gasteiger charge is -2.05. The van der Waals surface area contributed by atoms with E-state index < -0.39 is 4.92 Å². The minimum Gasteiger partial charge on any atom is -0.258 e. The van der Waals surface area contributed by atoms with Crippen molar-refractivity contribution < 1.29 is 4.92 Å². The molecule has 4 rings (SSSR count). The van der Waals surface area contributed by atoms with Crippen LogP contribution in [0.1, 0.15) is 11.4 Å². The Morgan fingerprint density at radius 2 is 1.45 bits per heavy atom. The third-order valence-corrected chi connectivity index (χ3v) is 4.61. The molecule has 0 saturated carbocycles. The lowest BCUT2D eigenvalue weighted by Crippen LogP contribution is -1.87. The number of pyridine rings is 1. The maximum absolute atomic E-state index is 10.8. The molecule has 0 N–H and O–H groups in total. The summed E-state index contributed by atoms with van der Waals surface area (Å²) in [6.45, 7) is 3.97. The number of non-ortho nitro benzene ring substituents is 1. The highest BCUT2D eigenvalue weighted by molar-refractivity contribution is 5.94. The first-order valence-corrected chi connectivity index (χ1v) is 9.15. The second-order valence-electron chi connectivity index (χ2n) is 6.79. The van der Waals surface area contributed by atoms with Crippen LogP contribution in [-0.2, 0) is 0 Å². The van der Waals surface area contributed by atoms with E-state index in [1.807, 2.05) is 44.2 Å². The molecule has 6 heteroatoms. The van der Waals surface area contributed by atoms with Crippen LogP contribution in [-0.4, -0.2) is 9.91 Å². The van der Waals surface area contributed by atoms with Crippen molar-refractivity contribution in [1.82, 2.24) is 4.98 Å². The monoisotopic (exact) mass is 382 g/mol. The number of fused-ring (bicyclic) bond motifs is 1. The fourth-order valence-electron chi connectivity index (χ4n) is 3.36. The Morgan fingerprint density at radius 3 is 2.10 bits per heavy atom. The molecule has 0 fully saturated rings. The Morgan fingerprint density at radius 1 is 0.793 bits per heavy atom. The summed E-state index contributed by atoms with van der Waals surface area (Å²) in [7, 11) is 0. The molecule has 29 heavy (non-hydrogen) atoms. The first-order valence-electron chi connectivity index (χ1n) is 9.15. The van der Waals surface area contributed by atoms with Gasteiger partial charge in [-0.3, -0.25) is 15.1 Å². The van der Waals surface area contributed by atoms with E-state index in [0.29, 0.717) is 5.69 Å². The van der Waals surface area contributed by atoms with Gasteiger partial charge in [-0.2, -0.15) is 5.11 Å². The minimum absolute atomic E-state index is 0.0282. The number of hydrogen-bond acceptors (Lipinski definition) is 5. The van der Waals surface area contributed by atoms with Gasteiger partial charge in [0.05, 0.1) is 16.3 Å². The molecule has 1 aromatic heterocycles. The van der Waals surface area contributed by atoms with Gasteiger partial charge in [0.15, 0.2) is 0 Å². The number of hydrogen-bond donors (Lipinski definition) is 0. The van der Waals surface area contributed by atoms with E-state index >= 15 is 0 Å². The van der Waals surface area contributed by atoms with Gasteiger partial charge >= 0.3 is 0 Å². The average Bonchev–Trinajstić information content (AvgIpc) is 2.85. The fourth-order valence-corrected chi connectivity index (χ4v) is 3.36. The van der Waals surface area contributed by atoms with Gasteiger partial charge in [0.2, 0.25) is 0 Å². The van der Waals surface area contributed by atoms with Crippen LogP contribution in [0.2, 0.25) is 0 Å². The molecule has 0 atom stereocenters. The van der Waals surface area contributed by atoms with Gasteiger partial charge in [-0.15, -0.1) is 5.11 Å². The molecule has 1 heterocycles. The van der Waals surface area contributed by atoms with E-state index in [1.165, 1.54) is 12.1 Å². The number of nitro groups is 1. The molecule has 2 aromatic rings. The molecular weight excluding hydrogens is 364 g/mol. The number of nitro benzene ring substituents is 1. The minimum atomic E-state index is -0.434. The summed E-state index contributed by atoms with van der Waals surface area (Å²) in [4.78, 5) is 14.8. The molecule has 0 spiro atoms. The van der Waals surface area contributed by atoms with Crippen molar-refractivity contribution in [2.75, 3.05) is 0 Å². The van der Waals surface area contributed by atoms with Gasteiger partial charge in [0, 0.05) is 29.1 Å². The van der Waals surface area contributed by atoms with Crippen LogP contribution in [0.25, 0.3) is 22.3 Å². The van der Waals surface area contributed by atoms with Crippen molar-refractivity contribution in [2.45, 2.75) is 13.8 Å². The molecule has 2 aliphatic carbocycles. The predicted molar refractivity (Wildman–Crippen MR) is 113 cm³/mol. The summed E-state index contributed by atoms with van der Waals surface area (Å²) in [5, 5.41) is 19.5. The summed E-state index contributed by atoms with van der Waals surface area (Å²) in [5.74, 6) is 0. The van der Waals surface area contributed by atoms with Crippen LogP contribution in [0.4, 0.5) is 17.1 Å². The van der Waals surface area contributed by atoms with Crippen molar-refractivity contribution in [3.63, 3.8) is 0 Å². The number of aryl methyl sites for hydroxylation is 2. The summed E-state index contributed by atoms with van der Waals surface area (Å²) in [6, 6.07) is 22.2. The molecular formula is C23H18N4O2. The number of azo groups is 1. The fraction of sp³-hybridized carbons (Fsp3) is 0.0870. The van der Waals surface area contributed by atoms with E-state index in [-0.39, 0.29) is 5.69 Å². The zero-order valence-electron chi connectivity index (χ0n) is 16.0. The van der Waals surface area contributed by atoms with Crippen LogP contribution in [0, 0.1) is 24.0 Å². The van der Waals surface area contributed by atoms with Crippen LogP contribution in [0.15, 0.2) is 83.0 Å². The standard InChI is InChI=1S/C23H18N4O2/c1-15-12-17(13-16(2)24-15)22-14-23(21-7-5-3-4-6-20(21)22)26-25-18-8-10-19(11-9-18)27(28)29/h3-14H,1-2H3. The summed E-state index contributed by atoms with van der Waals surface area (Å²) in [6.07, 6.45) is 0. The van der Waals surface area contributed by atoms with Crippen molar-refractivity contribution in [3.05, 3.63) is 94.3 Å². The number of benzene rings is 1. The summed E-state index contributed by atoms with van der Waals surface area (Å²) >= 11 is 0. The van der Waals surface area contributed by atoms with E-state index in [1.54, 1.807) is 12.1 Å². The maximum Gasteiger partial charge on any atom is 0.269 e. The van der Waals surface area contributed by atoms with Crippen molar-refractivity contribution in [1.29, 1.82) is 0 Å². The van der Waals surface area contributed by atoms with Gasteiger partial charge in [-0.05, 0) is 60.9 Å². The SMILES string of the molecule is Cc1cc(-c2cc(N=Nc3ccc([N+](=O)[O-])cc3)c3cccccc2-3)cc(C)n1. The first-order chi connectivity index (χ1) is 14.0. The van der Waals surface area contributed by atoms with E-state index in [2.05, 4.69) is 33.4 Å². The average molecular weight is 382 g/mol. The van der Waals surface area contributed by atoms with E-state index in [0.717, 1.165) is 39.3 Å². The van der Waals surface area contributed by atoms with Crippen molar-refractivity contribution in [3.8, 4) is 22.3 Å². The summed E-state index contributed by atoms with van der Waals surface area (Å²) < 4.78 is 0. The molecule has 0 aliphatic heterocycles. The van der Waals surface area contributed by atoms with Gasteiger partial charge in [-0.1, -0.05) is 30.3 Å². The lowest BCUT2D eigenvalue weighted by molar-refractivity contribution is -0.384. The first kappa shape index (κ1) is 18.4. The highest BCUT2D eigenvalue weighted by Crippen LogP contribution is 2.43. The van der Waals surface area contributed by atoms with E-state index in [4.69, 9.17) is 0 Å². The van der Waals surface area contributed by atoms with Gasteiger partial charge in [0.25, 0.3) is 5.69 Å². The molecule has 0 unspecified atom stereocenters. The second kappa shape index (κ2) is 7.59. The Labute approximate surface area is 168 Å². The smallest absolute Gasteiger partial charge is 0.258 e. The number of aromatic nitrogens is 1. The largest absolute Gasteiger partial charge is 0.269 e. The van der Waals surface area contributed by atoms with Crippen LogP contribution in [0.3, 0.4) is 0 Å². The molecule has 142 valence electrons. The van der Waals surface area contributed by atoms with Crippen molar-refractivity contribution in [2.24, 2.45) is 10.2 Å². The second-order valence-corrected chi connectivity index (χ2v) is 6.79. The topological polar surface area (TPSA) is 80.8 Å². The quantitative estimate of drug-likeness (QED) is 0.221. The third kappa shape index (κ3) is 3.87. The molecule has 6 nitrogen and oxygen atoms in total. The summed E-state index contributed by atoms with van der Waals surface area (Å²) in [5.41, 5.74) is 7.48. The lowest BCUT2D eigenvalue weighted by atomic mass is 10.0. The molecule has 0 radical (unpaired) electrons. The Kier molecular flexibility index (Phi) is 4.83. The van der Waals surface area contributed by atoms with Gasteiger partial charge in [-0.25, -0.2) is 0 Å². The zero-order chi connectivity index (χ0) is 20.4. The molecule has 1 aromatic carbocycles. The molecule has 2 aliphatic rings. The van der Waals surface area contributed by atoms with Crippen LogP contribution < -0.4 is 0 Å². The molecule has 0 saturated heterocycles. The van der Waals surface area contributed by atoms with Crippen molar-refractivity contribution >= 4 is 17.1 Å². The Balaban J connectivity index is 1.78. The zero-order valence-corrected chi connectivity index (χ0v) is 16.0. The van der Waals surface area contributed by atoms with Crippen LogP contribution >= 0.6 is 0 Å². The highest BCUT2D eigenvalue weighted by atomic mass is 16.6. The number of nitrogens with zero attached hydrogens (tertiary/aromatic N) is 4. The van der Waals surface area contributed by atoms with E-state index in [9.17, 15) is 10.1 Å². The Bertz CT molecular complexity index is 1180. The molecule has 0 bridgehead atoms. The predicted octanol–water partition coefficient (Wildman–Crippen LogP) is 6.79. The Hall–Kier alpha value is -3.93.